The number of likely N-dealkylation sites (tertiary alicyclic amines) is 1. The van der Waals surface area contributed by atoms with Gasteiger partial charge in [0.1, 0.15) is 0 Å². The number of carbonyl (C=O) groups excluding carboxylic acids is 1. The van der Waals surface area contributed by atoms with Gasteiger partial charge < -0.3 is 20.3 Å². The molecule has 0 spiro atoms. The summed E-state index contributed by atoms with van der Waals surface area (Å²) in [5, 5.41) is 5.99. The zero-order valence-corrected chi connectivity index (χ0v) is 15.7. The van der Waals surface area contributed by atoms with Crippen LogP contribution in [-0.2, 0) is 9.53 Å². The quantitative estimate of drug-likeness (QED) is 0.614. The van der Waals surface area contributed by atoms with Crippen molar-refractivity contribution >= 4 is 30.7 Å². The highest BCUT2D eigenvalue weighted by atomic mass is 35.5. The topological polar surface area (TPSA) is 53.6 Å². The molecule has 1 rings (SSSR count). The lowest BCUT2D eigenvalue weighted by molar-refractivity contribution is -0.120. The lowest BCUT2D eigenvalue weighted by atomic mass is 9.92. The minimum atomic E-state index is 0. The molecule has 0 aromatic heterocycles. The normalized spacial score (nSPS) is 21.6. The maximum Gasteiger partial charge on any atom is 0.233 e. The van der Waals surface area contributed by atoms with Gasteiger partial charge in [-0.05, 0) is 31.2 Å². The van der Waals surface area contributed by atoms with Gasteiger partial charge in [0.2, 0.25) is 5.91 Å². The van der Waals surface area contributed by atoms with E-state index < -0.39 is 0 Å². The Balaban J connectivity index is 0. The fourth-order valence-electron chi connectivity index (χ4n) is 2.94. The lowest BCUT2D eigenvalue weighted by Crippen LogP contribution is -2.41. The Morgan fingerprint density at radius 1 is 1.18 bits per heavy atom. The van der Waals surface area contributed by atoms with E-state index >= 15 is 0 Å². The first-order valence-corrected chi connectivity index (χ1v) is 7.80. The lowest BCUT2D eigenvalue weighted by Gasteiger charge is -2.34. The average molecular weight is 358 g/mol. The molecule has 1 aliphatic heterocycles. The van der Waals surface area contributed by atoms with Crippen molar-refractivity contribution in [2.75, 3.05) is 53.0 Å². The number of carbonyl (C=O) groups is 1. The minimum Gasteiger partial charge on any atom is -0.383 e. The molecule has 2 atom stereocenters. The van der Waals surface area contributed by atoms with Crippen LogP contribution < -0.4 is 10.6 Å². The van der Waals surface area contributed by atoms with Crippen LogP contribution in [0.25, 0.3) is 0 Å². The highest BCUT2D eigenvalue weighted by molar-refractivity contribution is 5.85. The molecule has 0 radical (unpaired) electrons. The molecular formula is C15H33Cl2N3O2. The minimum absolute atomic E-state index is 0. The molecule has 0 saturated carbocycles. The van der Waals surface area contributed by atoms with Gasteiger partial charge in [-0.1, -0.05) is 13.8 Å². The number of piperidine rings is 1. The predicted octanol–water partition coefficient (Wildman–Crippen LogP) is 1.55. The van der Waals surface area contributed by atoms with E-state index in [0.29, 0.717) is 19.7 Å². The van der Waals surface area contributed by atoms with Gasteiger partial charge in [0.25, 0.3) is 0 Å². The average Bonchev–Trinajstić information content (AvgIpc) is 2.39. The van der Waals surface area contributed by atoms with Gasteiger partial charge in [0, 0.05) is 33.3 Å². The molecule has 7 heteroatoms. The second-order valence-corrected chi connectivity index (χ2v) is 6.08. The van der Waals surface area contributed by atoms with Crippen LogP contribution in [0, 0.1) is 11.8 Å². The van der Waals surface area contributed by atoms with Crippen molar-refractivity contribution in [1.82, 2.24) is 15.5 Å². The molecule has 2 unspecified atom stereocenters. The first-order chi connectivity index (χ1) is 9.61. The monoisotopic (exact) mass is 357 g/mol. The summed E-state index contributed by atoms with van der Waals surface area (Å²) in [6.07, 6.45) is 2.38. The molecule has 1 aliphatic rings. The summed E-state index contributed by atoms with van der Waals surface area (Å²) in [4.78, 5) is 14.1. The Kier molecular flexibility index (Phi) is 16.0. The number of hydrogen-bond acceptors (Lipinski definition) is 4. The number of methoxy groups -OCH3 is 1. The van der Waals surface area contributed by atoms with Crippen molar-refractivity contribution in [2.45, 2.75) is 26.7 Å². The summed E-state index contributed by atoms with van der Waals surface area (Å²) in [5.41, 5.74) is 0. The predicted molar refractivity (Wildman–Crippen MR) is 96.3 cm³/mol. The van der Waals surface area contributed by atoms with Gasteiger partial charge in [-0.3, -0.25) is 4.79 Å². The number of nitrogens with zero attached hydrogens (tertiary/aromatic N) is 1. The Morgan fingerprint density at radius 2 is 1.82 bits per heavy atom. The molecule has 0 aliphatic carbocycles. The third kappa shape index (κ3) is 11.5. The summed E-state index contributed by atoms with van der Waals surface area (Å²) in [6, 6.07) is 0. The van der Waals surface area contributed by atoms with Gasteiger partial charge in [-0.15, -0.1) is 24.8 Å². The zero-order chi connectivity index (χ0) is 14.8. The summed E-state index contributed by atoms with van der Waals surface area (Å²) in [6.45, 7) is 10.7. The van der Waals surface area contributed by atoms with E-state index in [2.05, 4.69) is 29.4 Å². The third-order valence-corrected chi connectivity index (χ3v) is 3.69. The van der Waals surface area contributed by atoms with E-state index in [1.807, 2.05) is 0 Å². The molecule has 0 bridgehead atoms. The summed E-state index contributed by atoms with van der Waals surface area (Å²) < 4.78 is 4.91. The summed E-state index contributed by atoms with van der Waals surface area (Å²) in [7, 11) is 1.66. The van der Waals surface area contributed by atoms with Gasteiger partial charge in [0.15, 0.2) is 0 Å². The highest BCUT2D eigenvalue weighted by Crippen LogP contribution is 2.20. The van der Waals surface area contributed by atoms with E-state index in [4.69, 9.17) is 4.74 Å². The number of rotatable bonds is 9. The Labute approximate surface area is 147 Å². The smallest absolute Gasteiger partial charge is 0.233 e. The van der Waals surface area contributed by atoms with Gasteiger partial charge in [-0.25, -0.2) is 0 Å². The van der Waals surface area contributed by atoms with Crippen LogP contribution in [0.2, 0.25) is 0 Å². The fraction of sp³-hybridized carbons (Fsp3) is 0.933. The molecule has 0 aromatic carbocycles. The number of ether oxygens (including phenoxy) is 1. The molecule has 22 heavy (non-hydrogen) atoms. The second-order valence-electron chi connectivity index (χ2n) is 6.08. The van der Waals surface area contributed by atoms with Crippen LogP contribution in [0.4, 0.5) is 0 Å². The van der Waals surface area contributed by atoms with Crippen molar-refractivity contribution in [2.24, 2.45) is 11.8 Å². The third-order valence-electron chi connectivity index (χ3n) is 3.69. The second kappa shape index (κ2) is 14.5. The van der Waals surface area contributed by atoms with Crippen LogP contribution in [0.15, 0.2) is 0 Å². The van der Waals surface area contributed by atoms with Crippen LogP contribution in [0.5, 0.6) is 0 Å². The van der Waals surface area contributed by atoms with Crippen LogP contribution in [0.1, 0.15) is 26.7 Å². The molecule has 0 aromatic rings. The zero-order valence-electron chi connectivity index (χ0n) is 14.1. The maximum absolute atomic E-state index is 11.5. The number of amides is 1. The Hall–Kier alpha value is -0.0700. The van der Waals surface area contributed by atoms with Crippen molar-refractivity contribution in [3.63, 3.8) is 0 Å². The fourth-order valence-corrected chi connectivity index (χ4v) is 2.94. The molecular weight excluding hydrogens is 325 g/mol. The van der Waals surface area contributed by atoms with E-state index in [0.717, 1.165) is 31.3 Å². The first-order valence-electron chi connectivity index (χ1n) is 7.80. The largest absolute Gasteiger partial charge is 0.383 e. The van der Waals surface area contributed by atoms with Crippen molar-refractivity contribution in [3.05, 3.63) is 0 Å². The van der Waals surface area contributed by atoms with E-state index in [1.54, 1.807) is 7.11 Å². The van der Waals surface area contributed by atoms with Crippen molar-refractivity contribution < 1.29 is 9.53 Å². The van der Waals surface area contributed by atoms with Crippen LogP contribution >= 0.6 is 24.8 Å². The molecule has 5 nitrogen and oxygen atoms in total. The van der Waals surface area contributed by atoms with E-state index in [-0.39, 0.29) is 30.7 Å². The Morgan fingerprint density at radius 3 is 2.41 bits per heavy atom. The summed E-state index contributed by atoms with van der Waals surface area (Å²) in [5.74, 6) is 1.68. The SMILES string of the molecule is COCCNCC(=O)NCCCN1CC(C)CC(C)C1.Cl.Cl. The van der Waals surface area contributed by atoms with Crippen LogP contribution in [-0.4, -0.2) is 63.8 Å². The van der Waals surface area contributed by atoms with Gasteiger partial charge in [0.05, 0.1) is 13.2 Å². The van der Waals surface area contributed by atoms with Crippen LogP contribution in [0.3, 0.4) is 0 Å². The summed E-state index contributed by atoms with van der Waals surface area (Å²) >= 11 is 0. The first kappa shape index (κ1) is 24.2. The standard InChI is InChI=1S/C15H31N3O2.2ClH/c1-13-9-14(2)12-18(11-13)7-4-5-17-15(19)10-16-6-8-20-3;;/h13-14,16H,4-12H2,1-3H3,(H,17,19);2*1H. The number of halogens is 2. The molecule has 134 valence electrons. The van der Waals surface area contributed by atoms with Crippen molar-refractivity contribution in [1.29, 1.82) is 0 Å². The van der Waals surface area contributed by atoms with E-state index in [1.165, 1.54) is 19.5 Å². The van der Waals surface area contributed by atoms with E-state index in [9.17, 15) is 4.79 Å². The molecule has 1 fully saturated rings. The van der Waals surface area contributed by atoms with Gasteiger partial charge >= 0.3 is 0 Å². The van der Waals surface area contributed by atoms with Crippen molar-refractivity contribution in [3.8, 4) is 0 Å². The van der Waals surface area contributed by atoms with Gasteiger partial charge in [-0.2, -0.15) is 0 Å². The molecule has 1 amide bonds. The highest BCUT2D eigenvalue weighted by Gasteiger charge is 2.20. The Bertz CT molecular complexity index is 274. The maximum atomic E-state index is 11.5. The molecule has 2 N–H and O–H groups in total. The molecule has 1 saturated heterocycles. The number of nitrogens with one attached hydrogen (secondary N) is 2. The number of hydrogen-bond donors (Lipinski definition) is 2. The molecule has 1 heterocycles.